The molecule has 0 atom stereocenters. The molecule has 0 unspecified atom stereocenters. The minimum Gasteiger partial charge on any atom is -0.352 e. The Hall–Kier alpha value is -2.41. The number of nitrogens with zero attached hydrogens (tertiary/aromatic N) is 1. The lowest BCUT2D eigenvalue weighted by molar-refractivity contribution is 0.512. The lowest BCUT2D eigenvalue weighted by Gasteiger charge is -2.08. The van der Waals surface area contributed by atoms with Gasteiger partial charge in [0, 0.05) is 0 Å². The standard InChI is InChI=1S/C13H8F2N2/c14-10-5-3-7-12(13(10)15)17-11-6-2-1-4-9(11)8-16/h1-7,17H. The lowest BCUT2D eigenvalue weighted by Crippen LogP contribution is -1.97. The van der Waals surface area contributed by atoms with Crippen molar-refractivity contribution in [2.24, 2.45) is 0 Å². The van der Waals surface area contributed by atoms with Gasteiger partial charge in [-0.3, -0.25) is 0 Å². The minimum atomic E-state index is -0.958. The van der Waals surface area contributed by atoms with E-state index in [1.165, 1.54) is 12.1 Å². The Balaban J connectivity index is 2.39. The van der Waals surface area contributed by atoms with E-state index in [1.807, 2.05) is 6.07 Å². The summed E-state index contributed by atoms with van der Waals surface area (Å²) >= 11 is 0. The fraction of sp³-hybridized carbons (Fsp3) is 0. The minimum absolute atomic E-state index is 0.00713. The molecule has 0 amide bonds. The molecular weight excluding hydrogens is 222 g/mol. The second-order valence-corrected chi connectivity index (χ2v) is 3.38. The maximum absolute atomic E-state index is 13.4. The highest BCUT2D eigenvalue weighted by molar-refractivity contribution is 5.66. The average Bonchev–Trinajstić information content (AvgIpc) is 2.35. The van der Waals surface area contributed by atoms with E-state index in [-0.39, 0.29) is 5.69 Å². The van der Waals surface area contributed by atoms with Crippen molar-refractivity contribution in [3.63, 3.8) is 0 Å². The Bertz CT molecular complexity index is 588. The van der Waals surface area contributed by atoms with Crippen LogP contribution in [0.4, 0.5) is 20.2 Å². The molecule has 0 aliphatic carbocycles. The normalized spacial score (nSPS) is 9.71. The van der Waals surface area contributed by atoms with Gasteiger partial charge in [0.05, 0.1) is 16.9 Å². The molecular formula is C13H8F2N2. The highest BCUT2D eigenvalue weighted by Crippen LogP contribution is 2.23. The number of anilines is 2. The zero-order valence-electron chi connectivity index (χ0n) is 8.74. The summed E-state index contributed by atoms with van der Waals surface area (Å²) in [7, 11) is 0. The van der Waals surface area contributed by atoms with E-state index >= 15 is 0 Å². The number of hydrogen-bond acceptors (Lipinski definition) is 2. The molecule has 0 saturated heterocycles. The van der Waals surface area contributed by atoms with Crippen molar-refractivity contribution in [1.29, 1.82) is 5.26 Å². The van der Waals surface area contributed by atoms with Crippen LogP contribution in [0.5, 0.6) is 0 Å². The van der Waals surface area contributed by atoms with Crippen LogP contribution in [0, 0.1) is 23.0 Å². The third kappa shape index (κ3) is 2.23. The third-order valence-electron chi connectivity index (χ3n) is 2.27. The summed E-state index contributed by atoms with van der Waals surface area (Å²) in [6.45, 7) is 0. The first-order chi connectivity index (χ1) is 8.22. The van der Waals surface area contributed by atoms with Gasteiger partial charge < -0.3 is 5.32 Å². The summed E-state index contributed by atoms with van der Waals surface area (Å²) in [5, 5.41) is 11.6. The summed E-state index contributed by atoms with van der Waals surface area (Å²) in [6.07, 6.45) is 0. The van der Waals surface area contributed by atoms with Gasteiger partial charge in [0.1, 0.15) is 6.07 Å². The van der Waals surface area contributed by atoms with Gasteiger partial charge in [-0.15, -0.1) is 0 Å². The Kier molecular flexibility index (Phi) is 3.01. The monoisotopic (exact) mass is 230 g/mol. The second kappa shape index (κ2) is 4.62. The molecule has 1 N–H and O–H groups in total. The van der Waals surface area contributed by atoms with Crippen LogP contribution in [0.1, 0.15) is 5.56 Å². The number of nitriles is 1. The van der Waals surface area contributed by atoms with Crippen LogP contribution in [0.25, 0.3) is 0 Å². The van der Waals surface area contributed by atoms with Gasteiger partial charge >= 0.3 is 0 Å². The largest absolute Gasteiger partial charge is 0.352 e. The number of nitrogens with one attached hydrogen (secondary N) is 1. The highest BCUT2D eigenvalue weighted by atomic mass is 19.2. The summed E-state index contributed by atoms with van der Waals surface area (Å²) in [4.78, 5) is 0. The topological polar surface area (TPSA) is 35.8 Å². The molecule has 0 aliphatic rings. The van der Waals surface area contributed by atoms with Gasteiger partial charge in [0.15, 0.2) is 11.6 Å². The summed E-state index contributed by atoms with van der Waals surface area (Å²) in [5.74, 6) is -1.88. The number of benzene rings is 2. The molecule has 2 aromatic rings. The zero-order chi connectivity index (χ0) is 12.3. The van der Waals surface area contributed by atoms with Crippen molar-refractivity contribution < 1.29 is 8.78 Å². The molecule has 2 nitrogen and oxygen atoms in total. The van der Waals surface area contributed by atoms with Crippen LogP contribution in [0.15, 0.2) is 42.5 Å². The Morgan fingerprint density at radius 3 is 2.41 bits per heavy atom. The van der Waals surface area contributed by atoms with Gasteiger partial charge in [-0.1, -0.05) is 18.2 Å². The van der Waals surface area contributed by atoms with Crippen molar-refractivity contribution in [3.8, 4) is 6.07 Å². The van der Waals surface area contributed by atoms with E-state index in [0.29, 0.717) is 11.3 Å². The van der Waals surface area contributed by atoms with Crippen molar-refractivity contribution in [3.05, 3.63) is 59.7 Å². The Morgan fingerprint density at radius 2 is 1.65 bits per heavy atom. The predicted molar refractivity (Wildman–Crippen MR) is 60.8 cm³/mol. The Labute approximate surface area is 97.1 Å². The van der Waals surface area contributed by atoms with Crippen molar-refractivity contribution in [1.82, 2.24) is 0 Å². The van der Waals surface area contributed by atoms with Gasteiger partial charge in [-0.25, -0.2) is 8.78 Å². The highest BCUT2D eigenvalue weighted by Gasteiger charge is 2.09. The molecule has 2 aromatic carbocycles. The van der Waals surface area contributed by atoms with Gasteiger partial charge in [-0.2, -0.15) is 5.26 Å². The van der Waals surface area contributed by atoms with Crippen LogP contribution < -0.4 is 5.32 Å². The van der Waals surface area contributed by atoms with Crippen molar-refractivity contribution in [2.75, 3.05) is 5.32 Å². The van der Waals surface area contributed by atoms with E-state index in [2.05, 4.69) is 5.32 Å². The molecule has 0 spiro atoms. The first-order valence-corrected chi connectivity index (χ1v) is 4.92. The quantitative estimate of drug-likeness (QED) is 0.855. The van der Waals surface area contributed by atoms with Crippen LogP contribution in [0.3, 0.4) is 0 Å². The van der Waals surface area contributed by atoms with Crippen molar-refractivity contribution in [2.45, 2.75) is 0 Å². The van der Waals surface area contributed by atoms with Crippen LogP contribution in [-0.2, 0) is 0 Å². The van der Waals surface area contributed by atoms with Crippen LogP contribution >= 0.6 is 0 Å². The maximum Gasteiger partial charge on any atom is 0.182 e. The molecule has 0 radical (unpaired) electrons. The van der Waals surface area contributed by atoms with Gasteiger partial charge in [-0.05, 0) is 24.3 Å². The molecule has 2 rings (SSSR count). The first kappa shape index (κ1) is 11.1. The number of hydrogen-bond donors (Lipinski definition) is 1. The molecule has 0 aliphatic heterocycles. The van der Waals surface area contributed by atoms with Gasteiger partial charge in [0.2, 0.25) is 0 Å². The van der Waals surface area contributed by atoms with E-state index in [0.717, 1.165) is 6.07 Å². The number of halogens is 2. The predicted octanol–water partition coefficient (Wildman–Crippen LogP) is 3.58. The molecule has 0 bridgehead atoms. The Morgan fingerprint density at radius 1 is 0.941 bits per heavy atom. The smallest absolute Gasteiger partial charge is 0.182 e. The molecule has 17 heavy (non-hydrogen) atoms. The molecule has 4 heteroatoms. The first-order valence-electron chi connectivity index (χ1n) is 4.92. The molecule has 0 aromatic heterocycles. The third-order valence-corrected chi connectivity index (χ3v) is 2.27. The van der Waals surface area contributed by atoms with Gasteiger partial charge in [0.25, 0.3) is 0 Å². The van der Waals surface area contributed by atoms with Crippen molar-refractivity contribution >= 4 is 11.4 Å². The molecule has 0 heterocycles. The average molecular weight is 230 g/mol. The van der Waals surface area contributed by atoms with Crippen LogP contribution in [0.2, 0.25) is 0 Å². The molecule has 0 fully saturated rings. The lowest BCUT2D eigenvalue weighted by atomic mass is 10.2. The van der Waals surface area contributed by atoms with Crippen LogP contribution in [-0.4, -0.2) is 0 Å². The fourth-order valence-electron chi connectivity index (χ4n) is 1.44. The second-order valence-electron chi connectivity index (χ2n) is 3.38. The summed E-state index contributed by atoms with van der Waals surface area (Å²) < 4.78 is 26.4. The van der Waals surface area contributed by atoms with E-state index in [1.54, 1.807) is 24.3 Å². The molecule has 84 valence electrons. The number of rotatable bonds is 2. The fourth-order valence-corrected chi connectivity index (χ4v) is 1.44. The SMILES string of the molecule is N#Cc1ccccc1Nc1cccc(F)c1F. The molecule has 0 saturated carbocycles. The summed E-state index contributed by atoms with van der Waals surface area (Å²) in [5.41, 5.74) is 0.823. The van der Waals surface area contributed by atoms with E-state index in [4.69, 9.17) is 5.26 Å². The number of para-hydroxylation sites is 1. The van der Waals surface area contributed by atoms with E-state index in [9.17, 15) is 8.78 Å². The summed E-state index contributed by atoms with van der Waals surface area (Å²) in [6, 6.07) is 12.5. The van der Waals surface area contributed by atoms with E-state index < -0.39 is 11.6 Å². The maximum atomic E-state index is 13.4. The zero-order valence-corrected chi connectivity index (χ0v) is 8.74.